The minimum absolute atomic E-state index is 1.04. The first-order valence-corrected chi connectivity index (χ1v) is 10.8. The fraction of sp³-hybridized carbons (Fsp3) is 0.0667. The average Bonchev–Trinajstić information content (AvgIpc) is 3.00. The summed E-state index contributed by atoms with van der Waals surface area (Å²) < 4.78 is 6.56. The van der Waals surface area contributed by atoms with E-state index in [0.717, 1.165) is 12.9 Å². The molecule has 2 aromatic carbocycles. The van der Waals surface area contributed by atoms with Crippen molar-refractivity contribution >= 4 is 112 Å². The van der Waals surface area contributed by atoms with Crippen molar-refractivity contribution in [2.24, 2.45) is 7.05 Å². The Hall–Kier alpha value is 0.300. The first-order chi connectivity index (χ1) is 11.0. The van der Waals surface area contributed by atoms with E-state index in [4.69, 9.17) is 0 Å². The molecule has 2 heterocycles. The van der Waals surface area contributed by atoms with Crippen molar-refractivity contribution in [3.05, 3.63) is 50.9 Å². The Morgan fingerprint density at radius 3 is 2.30 bits per heavy atom. The second kappa shape index (κ2) is 7.68. The van der Waals surface area contributed by atoms with Gasteiger partial charge in [0.25, 0.3) is 0 Å². The Bertz CT molecular complexity index is 990. The summed E-state index contributed by atoms with van der Waals surface area (Å²) in [6.45, 7) is 0. The van der Waals surface area contributed by atoms with Crippen LogP contribution in [0.4, 0.5) is 0 Å². The van der Waals surface area contributed by atoms with Crippen molar-refractivity contribution in [1.29, 1.82) is 0 Å². The smallest absolute Gasteiger partial charge is 0.131 e. The molecule has 4 aromatic rings. The van der Waals surface area contributed by atoms with E-state index < -0.39 is 0 Å². The molecule has 0 spiro atoms. The summed E-state index contributed by atoms with van der Waals surface area (Å²) in [6.07, 6.45) is 0. The lowest BCUT2D eigenvalue weighted by Gasteiger charge is -1.93. The topological polar surface area (TPSA) is 46.5 Å². The summed E-state index contributed by atoms with van der Waals surface area (Å²) in [5.41, 5.74) is 2.24. The van der Waals surface area contributed by atoms with E-state index >= 15 is 0 Å². The third-order valence-corrected chi connectivity index (χ3v) is 6.20. The van der Waals surface area contributed by atoms with Crippen molar-refractivity contribution < 1.29 is 0 Å². The van der Waals surface area contributed by atoms with Gasteiger partial charge in [-0.3, -0.25) is 9.78 Å². The highest BCUT2D eigenvalue weighted by molar-refractivity contribution is 14.1. The molecule has 4 rings (SSSR count). The number of aromatic nitrogens is 4. The first-order valence-electron chi connectivity index (χ1n) is 6.52. The molecule has 8 heteroatoms. The third kappa shape index (κ3) is 4.11. The van der Waals surface area contributed by atoms with Crippen LogP contribution in [-0.4, -0.2) is 20.0 Å². The number of halogens is 4. The average molecular weight is 754 g/mol. The Kier molecular flexibility index (Phi) is 6.04. The highest BCUT2D eigenvalue weighted by Gasteiger charge is 2.04. The molecule has 0 atom stereocenters. The molecule has 0 amide bonds. The summed E-state index contributed by atoms with van der Waals surface area (Å²) >= 11 is 9.09. The number of benzene rings is 2. The van der Waals surface area contributed by atoms with Gasteiger partial charge >= 0.3 is 0 Å². The monoisotopic (exact) mass is 754 g/mol. The van der Waals surface area contributed by atoms with Crippen molar-refractivity contribution in [1.82, 2.24) is 20.0 Å². The number of aromatic amines is 1. The maximum Gasteiger partial charge on any atom is 0.131 e. The largest absolute Gasteiger partial charge is 0.271 e. The van der Waals surface area contributed by atoms with Crippen LogP contribution in [0.5, 0.6) is 0 Å². The highest BCUT2D eigenvalue weighted by Crippen LogP contribution is 2.21. The summed E-state index contributed by atoms with van der Waals surface area (Å²) in [6, 6.07) is 12.6. The van der Waals surface area contributed by atoms with E-state index in [2.05, 4.69) is 142 Å². The molecule has 0 saturated carbocycles. The number of nitrogens with one attached hydrogen (secondary N) is 1. The van der Waals surface area contributed by atoms with Gasteiger partial charge in [0.1, 0.15) is 7.40 Å². The van der Waals surface area contributed by atoms with E-state index in [-0.39, 0.29) is 0 Å². The summed E-state index contributed by atoms with van der Waals surface area (Å²) in [5, 5.41) is 13.8. The maximum atomic E-state index is 4.33. The second-order valence-corrected chi connectivity index (χ2v) is 9.37. The van der Waals surface area contributed by atoms with Crippen LogP contribution in [0.25, 0.3) is 21.8 Å². The molecule has 118 valence electrons. The van der Waals surface area contributed by atoms with Crippen LogP contribution in [0.15, 0.2) is 36.4 Å². The number of H-pyrrole nitrogens is 1. The molecular weight excluding hydrogens is 744 g/mol. The van der Waals surface area contributed by atoms with Crippen LogP contribution >= 0.6 is 90.4 Å². The Morgan fingerprint density at radius 1 is 0.913 bits per heavy atom. The normalized spacial score (nSPS) is 10.8. The molecule has 0 unspecified atom stereocenters. The summed E-state index contributed by atoms with van der Waals surface area (Å²) in [7, 11) is 1.97. The maximum absolute atomic E-state index is 4.33. The number of hydrogen-bond acceptors (Lipinski definition) is 2. The minimum Gasteiger partial charge on any atom is -0.271 e. The highest BCUT2D eigenvalue weighted by atomic mass is 127. The number of aryl methyl sites for hydroxylation is 1. The van der Waals surface area contributed by atoms with Crippen LogP contribution < -0.4 is 0 Å². The zero-order valence-electron chi connectivity index (χ0n) is 11.8. The number of nitrogens with zero attached hydrogens (tertiary/aromatic N) is 3. The van der Waals surface area contributed by atoms with Crippen molar-refractivity contribution in [3.8, 4) is 0 Å². The van der Waals surface area contributed by atoms with E-state index in [1.165, 1.54) is 23.4 Å². The van der Waals surface area contributed by atoms with Crippen LogP contribution in [0.1, 0.15) is 0 Å². The molecule has 0 aliphatic heterocycles. The second-order valence-electron chi connectivity index (χ2n) is 4.77. The summed E-state index contributed by atoms with van der Waals surface area (Å²) in [4.78, 5) is 0. The van der Waals surface area contributed by atoms with Gasteiger partial charge in [-0.15, -0.1) is 0 Å². The Balaban J connectivity index is 0.000000136. The SMILES string of the molecule is Cn1nc(I)c2ccc(I)cc21.Ic1ccc2c(I)[nH]nc2c1. The van der Waals surface area contributed by atoms with E-state index in [1.54, 1.807) is 0 Å². The van der Waals surface area contributed by atoms with Crippen molar-refractivity contribution in [3.63, 3.8) is 0 Å². The molecule has 0 aliphatic rings. The zero-order chi connectivity index (χ0) is 16.6. The zero-order valence-corrected chi connectivity index (χ0v) is 20.4. The standard InChI is InChI=1S/C8H6I2N2.C7H4I2N2/c1-12-7-4-5(9)2-3-6(7)8(10)11-12;8-4-1-2-5-6(3-4)10-11-7(5)9/h2-4H,1H3;1-3H,(H,10,11). The van der Waals surface area contributed by atoms with Gasteiger partial charge in [-0.05, 0) is 127 Å². The quantitative estimate of drug-likeness (QED) is 0.240. The Labute approximate surface area is 187 Å². The number of rotatable bonds is 0. The Morgan fingerprint density at radius 2 is 1.57 bits per heavy atom. The van der Waals surface area contributed by atoms with Gasteiger partial charge in [-0.25, -0.2) is 0 Å². The van der Waals surface area contributed by atoms with Gasteiger partial charge in [0, 0.05) is 25.0 Å². The lowest BCUT2D eigenvalue weighted by atomic mass is 10.3. The third-order valence-electron chi connectivity index (χ3n) is 3.24. The van der Waals surface area contributed by atoms with E-state index in [9.17, 15) is 0 Å². The fourth-order valence-corrected chi connectivity index (χ4v) is 4.44. The molecule has 0 aliphatic carbocycles. The van der Waals surface area contributed by atoms with Gasteiger partial charge in [-0.1, -0.05) is 0 Å². The van der Waals surface area contributed by atoms with Crippen LogP contribution in [-0.2, 0) is 7.05 Å². The minimum atomic E-state index is 1.04. The van der Waals surface area contributed by atoms with Crippen LogP contribution in [0.3, 0.4) is 0 Å². The molecule has 1 N–H and O–H groups in total. The van der Waals surface area contributed by atoms with Crippen LogP contribution in [0, 0.1) is 14.5 Å². The van der Waals surface area contributed by atoms with Gasteiger partial charge in [0.2, 0.25) is 0 Å². The number of hydrogen-bond donors (Lipinski definition) is 1. The molecule has 0 bridgehead atoms. The predicted molar refractivity (Wildman–Crippen MR) is 128 cm³/mol. The number of fused-ring (bicyclic) bond motifs is 2. The molecule has 23 heavy (non-hydrogen) atoms. The van der Waals surface area contributed by atoms with Crippen molar-refractivity contribution in [2.75, 3.05) is 0 Å². The van der Waals surface area contributed by atoms with Crippen molar-refractivity contribution in [2.45, 2.75) is 0 Å². The van der Waals surface area contributed by atoms with Crippen LogP contribution in [0.2, 0.25) is 0 Å². The lowest BCUT2D eigenvalue weighted by Crippen LogP contribution is -1.89. The summed E-state index contributed by atoms with van der Waals surface area (Å²) in [5.74, 6) is 0. The van der Waals surface area contributed by atoms with Gasteiger partial charge in [-0.2, -0.15) is 10.2 Å². The molecule has 0 fully saturated rings. The van der Waals surface area contributed by atoms with Gasteiger partial charge in [0.15, 0.2) is 0 Å². The van der Waals surface area contributed by atoms with E-state index in [0.29, 0.717) is 0 Å². The molecule has 0 saturated heterocycles. The van der Waals surface area contributed by atoms with Gasteiger partial charge in [0.05, 0.1) is 11.0 Å². The molecule has 2 aromatic heterocycles. The lowest BCUT2D eigenvalue weighted by molar-refractivity contribution is 0.787. The predicted octanol–water partition coefficient (Wildman–Crippen LogP) is 5.55. The molecular formula is C15H10I4N4. The first kappa shape index (κ1) is 18.1. The van der Waals surface area contributed by atoms with Gasteiger partial charge < -0.3 is 0 Å². The molecule has 0 radical (unpaired) electrons. The molecule has 4 nitrogen and oxygen atoms in total. The van der Waals surface area contributed by atoms with E-state index in [1.807, 2.05) is 11.7 Å². The fourth-order valence-electron chi connectivity index (χ4n) is 2.14.